The summed E-state index contributed by atoms with van der Waals surface area (Å²) in [4.78, 5) is 2.33. The molecule has 0 bridgehead atoms. The Kier molecular flexibility index (Phi) is 6.77. The quantitative estimate of drug-likeness (QED) is 0.631. The van der Waals surface area contributed by atoms with Crippen LogP contribution in [0.1, 0.15) is 44.2 Å². The molecule has 0 unspecified atom stereocenters. The first kappa shape index (κ1) is 20.2. The third-order valence-electron chi connectivity index (χ3n) is 5.37. The van der Waals surface area contributed by atoms with Gasteiger partial charge in [0, 0.05) is 49.3 Å². The summed E-state index contributed by atoms with van der Waals surface area (Å²) in [6, 6.07) is 6.94. The van der Waals surface area contributed by atoms with Crippen molar-refractivity contribution >= 4 is 17.4 Å². The number of nitrogens with zero attached hydrogens (tertiary/aromatic N) is 1. The molecule has 1 aromatic rings. The van der Waals surface area contributed by atoms with E-state index in [9.17, 15) is 0 Å². The van der Waals surface area contributed by atoms with E-state index >= 15 is 0 Å². The molecule has 3 aliphatic heterocycles. The van der Waals surface area contributed by atoms with Crippen molar-refractivity contribution in [3.8, 4) is 11.5 Å². The summed E-state index contributed by atoms with van der Waals surface area (Å²) in [7, 11) is 2.16. The SMILES string of the molecule is C[C@H]1CC[C@H](c2ccc3c(c2)OC2(CCN(C)CC2)O3)NC1.[AlH4-].[Li+]. The van der Waals surface area contributed by atoms with Crippen LogP contribution in [0.15, 0.2) is 18.2 Å². The van der Waals surface area contributed by atoms with Crippen molar-refractivity contribution in [3.05, 3.63) is 23.8 Å². The zero-order valence-corrected chi connectivity index (χ0v) is 14.6. The number of likely N-dealkylation sites (tertiary alicyclic amines) is 1. The van der Waals surface area contributed by atoms with Crippen LogP contribution in [0.4, 0.5) is 0 Å². The molecule has 4 rings (SSSR count). The molecule has 4 nitrogen and oxygen atoms in total. The third kappa shape index (κ3) is 3.99. The van der Waals surface area contributed by atoms with E-state index in [0.29, 0.717) is 6.04 Å². The summed E-state index contributed by atoms with van der Waals surface area (Å²) in [5.74, 6) is 2.22. The Balaban J connectivity index is 0.00000104. The molecule has 2 fully saturated rings. The first-order valence-corrected chi connectivity index (χ1v) is 8.57. The number of piperidine rings is 2. The number of hydrogen-bond donors (Lipinski definition) is 1. The zero-order valence-electron chi connectivity index (χ0n) is 14.6. The summed E-state index contributed by atoms with van der Waals surface area (Å²) in [5.41, 5.74) is 1.33. The first-order chi connectivity index (χ1) is 10.6. The summed E-state index contributed by atoms with van der Waals surface area (Å²) in [6.45, 7) is 5.48. The van der Waals surface area contributed by atoms with Crippen LogP contribution in [0.2, 0.25) is 0 Å². The Bertz CT molecular complexity index is 556. The molecule has 1 aromatic carbocycles. The minimum atomic E-state index is -0.415. The number of fused-ring (bicyclic) bond motifs is 1. The van der Waals surface area contributed by atoms with Crippen molar-refractivity contribution in [2.45, 2.75) is 44.4 Å². The van der Waals surface area contributed by atoms with Crippen molar-refractivity contribution in [3.63, 3.8) is 0 Å². The van der Waals surface area contributed by atoms with Gasteiger partial charge in [-0.15, -0.1) is 0 Å². The number of hydrogen-bond acceptors (Lipinski definition) is 4. The van der Waals surface area contributed by atoms with Gasteiger partial charge in [-0.05, 0) is 50.0 Å². The molecule has 6 heteroatoms. The molecule has 0 aromatic heterocycles. The van der Waals surface area contributed by atoms with Crippen molar-refractivity contribution in [2.75, 3.05) is 26.7 Å². The van der Waals surface area contributed by atoms with Crippen LogP contribution >= 0.6 is 0 Å². The summed E-state index contributed by atoms with van der Waals surface area (Å²) >= 11 is 0. The van der Waals surface area contributed by atoms with E-state index in [1.165, 1.54) is 18.4 Å². The zero-order chi connectivity index (χ0) is 15.2. The smallest absolute Gasteiger partial charge is 0.448 e. The Morgan fingerprint density at radius 1 is 1.12 bits per heavy atom. The fraction of sp³-hybridized carbons (Fsp3) is 0.667. The average molecular weight is 340 g/mol. The predicted octanol–water partition coefficient (Wildman–Crippen LogP) is -1.51. The second kappa shape index (κ2) is 8.05. The first-order valence-electron chi connectivity index (χ1n) is 8.57. The van der Waals surface area contributed by atoms with Gasteiger partial charge in [-0.25, -0.2) is 0 Å². The molecule has 3 heterocycles. The van der Waals surface area contributed by atoms with Gasteiger partial charge in [0.15, 0.2) is 11.5 Å². The van der Waals surface area contributed by atoms with Crippen molar-refractivity contribution in [1.29, 1.82) is 0 Å². The van der Waals surface area contributed by atoms with E-state index in [4.69, 9.17) is 9.47 Å². The summed E-state index contributed by atoms with van der Waals surface area (Å²) in [6.07, 6.45) is 4.37. The normalized spacial score (nSPS) is 28.1. The Labute approximate surface area is 168 Å². The van der Waals surface area contributed by atoms with Gasteiger partial charge in [-0.2, -0.15) is 0 Å². The molecule has 2 atom stereocenters. The molecule has 3 aliphatic rings. The van der Waals surface area contributed by atoms with E-state index < -0.39 is 5.79 Å². The minimum absolute atomic E-state index is 0. The van der Waals surface area contributed by atoms with E-state index in [1.54, 1.807) is 0 Å². The number of nitrogens with one attached hydrogen (secondary N) is 1. The fourth-order valence-corrected chi connectivity index (χ4v) is 3.77. The van der Waals surface area contributed by atoms with Crippen LogP contribution in [-0.4, -0.2) is 54.7 Å². The number of rotatable bonds is 1. The molecule has 1 N–H and O–H groups in total. The van der Waals surface area contributed by atoms with Gasteiger partial charge in [0.05, 0.1) is 0 Å². The third-order valence-corrected chi connectivity index (χ3v) is 5.37. The van der Waals surface area contributed by atoms with E-state index in [1.807, 2.05) is 0 Å². The second-order valence-electron chi connectivity index (χ2n) is 7.27. The van der Waals surface area contributed by atoms with Gasteiger partial charge in [-0.1, -0.05) is 13.0 Å². The Morgan fingerprint density at radius 2 is 1.83 bits per heavy atom. The van der Waals surface area contributed by atoms with Crippen molar-refractivity contribution in [2.24, 2.45) is 5.92 Å². The van der Waals surface area contributed by atoms with Gasteiger partial charge in [0.2, 0.25) is 0 Å². The predicted molar refractivity (Wildman–Crippen MR) is 97.6 cm³/mol. The molecular formula is C18H30AlLiN2O2. The monoisotopic (exact) mass is 340 g/mol. The van der Waals surface area contributed by atoms with Gasteiger partial charge >= 0.3 is 18.9 Å². The van der Waals surface area contributed by atoms with Crippen LogP contribution < -0.4 is 33.7 Å². The molecule has 1 spiro atoms. The van der Waals surface area contributed by atoms with Crippen LogP contribution in [0, 0.1) is 5.92 Å². The largest absolute Gasteiger partial charge is 1.00 e. The Hall–Kier alpha value is -0.130. The van der Waals surface area contributed by atoms with Gasteiger partial charge < -0.3 is 19.7 Å². The van der Waals surface area contributed by atoms with Gasteiger partial charge in [0.1, 0.15) is 0 Å². The molecule has 128 valence electrons. The maximum Gasteiger partial charge on any atom is 1.00 e. The van der Waals surface area contributed by atoms with Crippen molar-refractivity contribution in [1.82, 2.24) is 10.2 Å². The molecule has 0 aliphatic carbocycles. The van der Waals surface area contributed by atoms with Crippen molar-refractivity contribution < 1.29 is 28.3 Å². The minimum Gasteiger partial charge on any atom is -0.448 e. The van der Waals surface area contributed by atoms with Crippen LogP contribution in [0.25, 0.3) is 0 Å². The maximum absolute atomic E-state index is 6.26. The number of ether oxygens (including phenoxy) is 2. The molecule has 0 radical (unpaired) electrons. The molecule has 24 heavy (non-hydrogen) atoms. The summed E-state index contributed by atoms with van der Waals surface area (Å²) < 4.78 is 12.4. The molecule has 0 amide bonds. The molecule has 2 saturated heterocycles. The van der Waals surface area contributed by atoms with E-state index in [2.05, 4.69) is 42.4 Å². The Morgan fingerprint density at radius 3 is 2.50 bits per heavy atom. The topological polar surface area (TPSA) is 33.7 Å². The molecule has 0 saturated carbocycles. The van der Waals surface area contributed by atoms with Gasteiger partial charge in [-0.3, -0.25) is 0 Å². The summed E-state index contributed by atoms with van der Waals surface area (Å²) in [5, 5.41) is 3.65. The number of benzene rings is 1. The van der Waals surface area contributed by atoms with Crippen LogP contribution in [-0.2, 0) is 0 Å². The maximum atomic E-state index is 6.26. The van der Waals surface area contributed by atoms with E-state index in [-0.39, 0.29) is 36.2 Å². The van der Waals surface area contributed by atoms with Crippen LogP contribution in [0.3, 0.4) is 0 Å². The van der Waals surface area contributed by atoms with E-state index in [0.717, 1.165) is 49.9 Å². The standard InChI is InChI=1S/C18H26N2O2.Al.Li.4H/c1-13-3-5-15(19-12-13)14-4-6-16-17(11-14)22-18(21-16)7-9-20(2)10-8-18;;;;;;/h4,6,11,13,15,19H,3,5,7-10,12H2,1-2H3;;;;;;/q;-1;+1;;;;/t13-,15+;;;;;;/m0....../s1. The van der Waals surface area contributed by atoms with Gasteiger partial charge in [0.25, 0.3) is 5.79 Å². The van der Waals surface area contributed by atoms with Crippen LogP contribution in [0.5, 0.6) is 11.5 Å². The molecular weight excluding hydrogens is 310 g/mol. The average Bonchev–Trinajstić information content (AvgIpc) is 2.88. The second-order valence-corrected chi connectivity index (χ2v) is 7.27. The fourth-order valence-electron chi connectivity index (χ4n) is 3.77.